The highest BCUT2D eigenvalue weighted by molar-refractivity contribution is 6.33. The van der Waals surface area contributed by atoms with Gasteiger partial charge in [-0.15, -0.1) is 0 Å². The second-order valence-corrected chi connectivity index (χ2v) is 5.02. The first-order valence-electron chi connectivity index (χ1n) is 6.76. The van der Waals surface area contributed by atoms with Crippen LogP contribution in [0.4, 0.5) is 11.4 Å². The molecule has 2 aromatic rings. The van der Waals surface area contributed by atoms with Gasteiger partial charge in [0.1, 0.15) is 0 Å². The number of nitro groups is 1. The summed E-state index contributed by atoms with van der Waals surface area (Å²) in [6, 6.07) is 11.9. The molecule has 23 heavy (non-hydrogen) atoms. The van der Waals surface area contributed by atoms with Crippen molar-refractivity contribution in [2.75, 3.05) is 12.4 Å². The number of nitrogens with one attached hydrogen (secondary N) is 1. The summed E-state index contributed by atoms with van der Waals surface area (Å²) >= 11 is 0. The number of fused-ring (bicyclic) bond motifs is 1. The number of non-ortho nitro benzene ring substituents is 1. The number of benzene rings is 2. The summed E-state index contributed by atoms with van der Waals surface area (Å²) in [7, 11) is 1.26. The van der Waals surface area contributed by atoms with Gasteiger partial charge < -0.3 is 10.1 Å². The Balaban J connectivity index is 1.98. The number of carbonyl (C=O) groups excluding carboxylic acids is 2. The van der Waals surface area contributed by atoms with Gasteiger partial charge in [0.25, 0.3) is 11.4 Å². The second-order valence-electron chi connectivity index (χ2n) is 5.02. The smallest absolute Gasteiger partial charge is 0.269 e. The molecule has 0 aromatic heterocycles. The molecular formula is C16H12N2O5. The van der Waals surface area contributed by atoms with Gasteiger partial charge in [-0.25, -0.2) is 0 Å². The number of methoxy groups -OCH3 is 1. The minimum atomic E-state index is -1.85. The molecule has 1 aliphatic carbocycles. The van der Waals surface area contributed by atoms with Crippen molar-refractivity contribution in [1.29, 1.82) is 0 Å². The van der Waals surface area contributed by atoms with Gasteiger partial charge in [-0.1, -0.05) is 24.3 Å². The number of anilines is 1. The first-order valence-corrected chi connectivity index (χ1v) is 6.76. The Labute approximate surface area is 131 Å². The molecule has 1 N–H and O–H groups in total. The molecule has 0 radical (unpaired) electrons. The maximum Gasteiger partial charge on any atom is 0.269 e. The van der Waals surface area contributed by atoms with E-state index in [0.29, 0.717) is 5.69 Å². The summed E-state index contributed by atoms with van der Waals surface area (Å²) in [6.07, 6.45) is 0. The molecule has 0 unspecified atom stereocenters. The minimum Gasteiger partial charge on any atom is -0.346 e. The summed E-state index contributed by atoms with van der Waals surface area (Å²) in [5, 5.41) is 13.5. The van der Waals surface area contributed by atoms with E-state index >= 15 is 0 Å². The standard InChI is InChI=1S/C16H12N2O5/c1-23-16(17-10-6-8-11(9-7-10)18(21)22)14(19)12-4-2-3-5-13(12)15(16)20/h2-9,17H,1H3. The first kappa shape index (κ1) is 14.9. The van der Waals surface area contributed by atoms with E-state index in [2.05, 4.69) is 5.32 Å². The lowest BCUT2D eigenvalue weighted by Gasteiger charge is -2.26. The van der Waals surface area contributed by atoms with Crippen molar-refractivity contribution in [1.82, 2.24) is 0 Å². The summed E-state index contributed by atoms with van der Waals surface area (Å²) in [5.41, 5.74) is -0.997. The third-order valence-electron chi connectivity index (χ3n) is 3.76. The van der Waals surface area contributed by atoms with Gasteiger partial charge >= 0.3 is 0 Å². The Morgan fingerprint density at radius 1 is 1.00 bits per heavy atom. The van der Waals surface area contributed by atoms with Crippen LogP contribution in [0, 0.1) is 10.1 Å². The van der Waals surface area contributed by atoms with Gasteiger partial charge in [0.15, 0.2) is 0 Å². The average Bonchev–Trinajstić information content (AvgIpc) is 2.78. The quantitative estimate of drug-likeness (QED) is 0.403. The van der Waals surface area contributed by atoms with Crippen molar-refractivity contribution in [2.24, 2.45) is 0 Å². The van der Waals surface area contributed by atoms with Gasteiger partial charge in [-0.2, -0.15) is 0 Å². The molecule has 0 bridgehead atoms. The largest absolute Gasteiger partial charge is 0.346 e. The summed E-state index contributed by atoms with van der Waals surface area (Å²) in [4.78, 5) is 35.4. The minimum absolute atomic E-state index is 0.0885. The number of carbonyl (C=O) groups is 2. The molecule has 0 saturated carbocycles. The highest BCUT2D eigenvalue weighted by Crippen LogP contribution is 2.33. The number of ketones is 2. The van der Waals surface area contributed by atoms with Gasteiger partial charge in [-0.3, -0.25) is 19.7 Å². The van der Waals surface area contributed by atoms with E-state index in [1.807, 2.05) is 0 Å². The number of rotatable bonds is 4. The van der Waals surface area contributed by atoms with Crippen LogP contribution in [0.15, 0.2) is 48.5 Å². The van der Waals surface area contributed by atoms with Crippen LogP contribution in [-0.2, 0) is 4.74 Å². The van der Waals surface area contributed by atoms with E-state index in [-0.39, 0.29) is 16.8 Å². The maximum absolute atomic E-state index is 12.6. The molecule has 0 saturated heterocycles. The van der Waals surface area contributed by atoms with Crippen LogP contribution in [0.3, 0.4) is 0 Å². The monoisotopic (exact) mass is 312 g/mol. The molecule has 0 amide bonds. The van der Waals surface area contributed by atoms with E-state index in [4.69, 9.17) is 4.74 Å². The fourth-order valence-electron chi connectivity index (χ4n) is 2.58. The molecule has 7 heteroatoms. The van der Waals surface area contributed by atoms with Crippen LogP contribution < -0.4 is 5.32 Å². The van der Waals surface area contributed by atoms with Crippen LogP contribution in [0.25, 0.3) is 0 Å². The van der Waals surface area contributed by atoms with Crippen LogP contribution in [-0.4, -0.2) is 29.3 Å². The number of hydrogen-bond acceptors (Lipinski definition) is 6. The first-order chi connectivity index (χ1) is 11.0. The van der Waals surface area contributed by atoms with E-state index in [9.17, 15) is 19.7 Å². The average molecular weight is 312 g/mol. The molecule has 0 aliphatic heterocycles. The number of ether oxygens (including phenoxy) is 1. The molecular weight excluding hydrogens is 300 g/mol. The fraction of sp³-hybridized carbons (Fsp3) is 0.125. The highest BCUT2D eigenvalue weighted by atomic mass is 16.6. The van der Waals surface area contributed by atoms with Crippen LogP contribution in [0.1, 0.15) is 20.7 Å². The highest BCUT2D eigenvalue weighted by Gasteiger charge is 2.54. The predicted molar refractivity (Wildman–Crippen MR) is 81.6 cm³/mol. The Hall–Kier alpha value is -3.06. The van der Waals surface area contributed by atoms with E-state index in [1.54, 1.807) is 24.3 Å². The lowest BCUT2D eigenvalue weighted by atomic mass is 10.1. The fourth-order valence-corrected chi connectivity index (χ4v) is 2.58. The zero-order valence-corrected chi connectivity index (χ0v) is 12.1. The van der Waals surface area contributed by atoms with E-state index < -0.39 is 22.2 Å². The van der Waals surface area contributed by atoms with Crippen molar-refractivity contribution >= 4 is 22.9 Å². The molecule has 116 valence electrons. The van der Waals surface area contributed by atoms with Gasteiger partial charge in [-0.05, 0) is 12.1 Å². The van der Waals surface area contributed by atoms with Crippen molar-refractivity contribution in [3.8, 4) is 0 Å². The molecule has 0 atom stereocenters. The van der Waals surface area contributed by atoms with Crippen molar-refractivity contribution in [3.63, 3.8) is 0 Å². The Bertz CT molecular complexity index is 778. The Kier molecular flexibility index (Phi) is 3.42. The lowest BCUT2D eigenvalue weighted by molar-refractivity contribution is -0.384. The summed E-state index contributed by atoms with van der Waals surface area (Å²) in [5.74, 6) is -0.974. The topological polar surface area (TPSA) is 98.5 Å². The third-order valence-corrected chi connectivity index (χ3v) is 3.76. The van der Waals surface area contributed by atoms with Gasteiger partial charge in [0.05, 0.1) is 4.92 Å². The predicted octanol–water partition coefficient (Wildman–Crippen LogP) is 2.43. The number of Topliss-reactive ketones (excluding diaryl/α,β-unsaturated/α-hetero) is 2. The van der Waals surface area contributed by atoms with Gasteiger partial charge in [0, 0.05) is 36.1 Å². The van der Waals surface area contributed by atoms with E-state index in [0.717, 1.165) is 0 Å². The Morgan fingerprint density at radius 2 is 1.52 bits per heavy atom. The lowest BCUT2D eigenvalue weighted by Crippen LogP contribution is -2.50. The van der Waals surface area contributed by atoms with Crippen LogP contribution in [0.2, 0.25) is 0 Å². The van der Waals surface area contributed by atoms with E-state index in [1.165, 1.54) is 31.4 Å². The van der Waals surface area contributed by atoms with Crippen LogP contribution >= 0.6 is 0 Å². The maximum atomic E-state index is 12.6. The molecule has 2 aromatic carbocycles. The van der Waals surface area contributed by atoms with Crippen molar-refractivity contribution in [2.45, 2.75) is 5.72 Å². The molecule has 0 fully saturated rings. The summed E-state index contributed by atoms with van der Waals surface area (Å²) < 4.78 is 5.24. The zero-order chi connectivity index (χ0) is 16.6. The number of hydrogen-bond donors (Lipinski definition) is 1. The number of nitro benzene ring substituents is 1. The molecule has 3 rings (SSSR count). The SMILES string of the molecule is COC1(Nc2ccc([N+](=O)[O-])cc2)C(=O)c2ccccc2C1=O. The second kappa shape index (κ2) is 5.29. The molecule has 0 heterocycles. The van der Waals surface area contributed by atoms with Crippen molar-refractivity contribution < 1.29 is 19.2 Å². The number of nitrogens with zero attached hydrogens (tertiary/aromatic N) is 1. The molecule has 0 spiro atoms. The van der Waals surface area contributed by atoms with Crippen LogP contribution in [0.5, 0.6) is 0 Å². The Morgan fingerprint density at radius 3 is 1.96 bits per heavy atom. The third kappa shape index (κ3) is 2.18. The molecule has 7 nitrogen and oxygen atoms in total. The summed E-state index contributed by atoms with van der Waals surface area (Å²) in [6.45, 7) is 0. The molecule has 1 aliphatic rings. The van der Waals surface area contributed by atoms with Gasteiger partial charge in [0.2, 0.25) is 11.6 Å². The normalized spacial score (nSPS) is 15.3. The van der Waals surface area contributed by atoms with Crippen molar-refractivity contribution in [3.05, 3.63) is 69.8 Å². The zero-order valence-electron chi connectivity index (χ0n) is 12.1.